The van der Waals surface area contributed by atoms with E-state index in [4.69, 9.17) is 0 Å². The Kier molecular flexibility index (Phi) is 12.1. The Hall–Kier alpha value is -5.98. The molecule has 0 heteroatoms. The fourth-order valence-corrected chi connectivity index (χ4v) is 8.95. The highest BCUT2D eigenvalue weighted by molar-refractivity contribution is 6.25. The van der Waals surface area contributed by atoms with Gasteiger partial charge in [-0.3, -0.25) is 0 Å². The molecule has 9 aromatic carbocycles. The van der Waals surface area contributed by atoms with E-state index in [1.54, 1.807) is 0 Å². The zero-order valence-corrected chi connectivity index (χ0v) is 35.1. The normalized spacial score (nSPS) is 12.4. The predicted molar refractivity (Wildman–Crippen MR) is 264 cm³/mol. The lowest BCUT2D eigenvalue weighted by Gasteiger charge is -2.22. The lowest BCUT2D eigenvalue weighted by Crippen LogP contribution is -2.15. The smallest absolute Gasteiger partial charge is 0.0159 e. The van der Waals surface area contributed by atoms with Crippen LogP contribution >= 0.6 is 0 Å². The summed E-state index contributed by atoms with van der Waals surface area (Å²) in [5, 5.41) is 8.00. The number of hydrogen-bond donors (Lipinski definition) is 0. The third kappa shape index (κ3) is 7.36. The van der Waals surface area contributed by atoms with Crippen LogP contribution in [0.15, 0.2) is 164 Å². The molecule has 59 heavy (non-hydrogen) atoms. The van der Waals surface area contributed by atoms with E-state index in [0.717, 1.165) is 0 Å². The van der Waals surface area contributed by atoms with Gasteiger partial charge in [0.15, 0.2) is 0 Å². The molecule has 1 aliphatic carbocycles. The molecule has 0 unspecified atom stereocenters. The van der Waals surface area contributed by atoms with Crippen LogP contribution in [0.1, 0.15) is 93.9 Å². The molecule has 0 atom stereocenters. The second-order valence-electron chi connectivity index (χ2n) is 16.6. The van der Waals surface area contributed by atoms with Gasteiger partial charge in [0.1, 0.15) is 0 Å². The topological polar surface area (TPSA) is 0 Å². The number of fused-ring (bicyclic) bond motifs is 3. The molecule has 0 amide bonds. The summed E-state index contributed by atoms with van der Waals surface area (Å²) in [7, 11) is 0. The first-order valence-electron chi connectivity index (χ1n) is 20.9. The lowest BCUT2D eigenvalue weighted by molar-refractivity contribution is 0.591. The van der Waals surface area contributed by atoms with Crippen LogP contribution in [0, 0.1) is 0 Å². The lowest BCUT2D eigenvalue weighted by atomic mass is 9.81. The summed E-state index contributed by atoms with van der Waals surface area (Å²) in [5.74, 6) is 0. The van der Waals surface area contributed by atoms with Gasteiger partial charge in [-0.2, -0.15) is 0 Å². The second kappa shape index (κ2) is 16.7. The summed E-state index contributed by atoms with van der Waals surface area (Å²) in [6, 6.07) is 61.6. The summed E-state index contributed by atoms with van der Waals surface area (Å²) in [4.78, 5) is 0. The van der Waals surface area contributed by atoms with Crippen LogP contribution in [-0.4, -0.2) is 0 Å². The SMILES string of the molecule is C.C.CC.CC.CC(C)(C)c1cc2ccc3ccc(-c4cccc(-c5ccc(-c6ccc7c(c6)C(C)(C)c6cc(-c8ccccc8)ccc6-7)cc5)c4)c4ccc(c1)c2c34. The van der Waals surface area contributed by atoms with Crippen molar-refractivity contribution in [2.75, 3.05) is 0 Å². The van der Waals surface area contributed by atoms with Gasteiger partial charge >= 0.3 is 0 Å². The summed E-state index contributed by atoms with van der Waals surface area (Å²) >= 11 is 0. The Balaban J connectivity index is 0.000000948. The highest BCUT2D eigenvalue weighted by Crippen LogP contribution is 2.51. The minimum absolute atomic E-state index is 0. The summed E-state index contributed by atoms with van der Waals surface area (Å²) in [5.41, 5.74) is 16.9. The summed E-state index contributed by atoms with van der Waals surface area (Å²) < 4.78 is 0. The zero-order valence-electron chi connectivity index (χ0n) is 35.1. The van der Waals surface area contributed by atoms with Crippen molar-refractivity contribution in [3.63, 3.8) is 0 Å². The van der Waals surface area contributed by atoms with Crippen molar-refractivity contribution in [1.82, 2.24) is 0 Å². The van der Waals surface area contributed by atoms with E-state index < -0.39 is 0 Å². The first-order chi connectivity index (χ1) is 27.6. The molecule has 0 aromatic heterocycles. The third-order valence-corrected chi connectivity index (χ3v) is 12.0. The molecule has 0 radical (unpaired) electrons. The maximum absolute atomic E-state index is 2.42. The van der Waals surface area contributed by atoms with Crippen molar-refractivity contribution in [3.8, 4) is 55.6 Å². The molecule has 0 aliphatic heterocycles. The minimum atomic E-state index is -0.0770. The van der Waals surface area contributed by atoms with Crippen LogP contribution in [0.25, 0.3) is 88.0 Å². The van der Waals surface area contributed by atoms with Gasteiger partial charge in [0.25, 0.3) is 0 Å². The Labute approximate surface area is 355 Å². The fraction of sp³-hybridized carbons (Fsp3) is 0.220. The largest absolute Gasteiger partial charge is 0.0776 e. The number of benzene rings is 9. The van der Waals surface area contributed by atoms with Gasteiger partial charge in [-0.15, -0.1) is 0 Å². The monoisotopic (exact) mass is 770 g/mol. The summed E-state index contributed by atoms with van der Waals surface area (Å²) in [6.07, 6.45) is 0. The molecule has 0 nitrogen and oxygen atoms in total. The van der Waals surface area contributed by atoms with Crippen molar-refractivity contribution < 1.29 is 0 Å². The van der Waals surface area contributed by atoms with Crippen LogP contribution in [-0.2, 0) is 10.8 Å². The first kappa shape index (κ1) is 42.6. The molecular formula is C59H62. The van der Waals surface area contributed by atoms with E-state index in [-0.39, 0.29) is 25.7 Å². The predicted octanol–water partition coefficient (Wildman–Crippen LogP) is 18.2. The molecule has 0 spiro atoms. The van der Waals surface area contributed by atoms with E-state index in [1.807, 2.05) is 27.7 Å². The van der Waals surface area contributed by atoms with Crippen molar-refractivity contribution in [1.29, 1.82) is 0 Å². The van der Waals surface area contributed by atoms with Gasteiger partial charge in [0.2, 0.25) is 0 Å². The van der Waals surface area contributed by atoms with Gasteiger partial charge in [0, 0.05) is 5.41 Å². The molecule has 0 heterocycles. The molecule has 1 aliphatic rings. The molecule has 0 bridgehead atoms. The van der Waals surface area contributed by atoms with Crippen molar-refractivity contribution in [3.05, 3.63) is 180 Å². The summed E-state index contributed by atoms with van der Waals surface area (Å²) in [6.45, 7) is 19.6. The molecular weight excluding hydrogens is 709 g/mol. The van der Waals surface area contributed by atoms with Gasteiger partial charge in [-0.1, -0.05) is 223 Å². The van der Waals surface area contributed by atoms with Crippen LogP contribution < -0.4 is 0 Å². The molecule has 0 saturated carbocycles. The third-order valence-electron chi connectivity index (χ3n) is 12.0. The van der Waals surface area contributed by atoms with Gasteiger partial charge in [-0.05, 0) is 128 Å². The maximum Gasteiger partial charge on any atom is 0.0159 e. The van der Waals surface area contributed by atoms with Crippen LogP contribution in [0.5, 0.6) is 0 Å². The van der Waals surface area contributed by atoms with Gasteiger partial charge < -0.3 is 0 Å². The quantitative estimate of drug-likeness (QED) is 0.156. The number of rotatable bonds is 4. The Morgan fingerprint density at radius 3 is 1.34 bits per heavy atom. The molecule has 9 aromatic rings. The Bertz CT molecular complexity index is 2840. The second-order valence-corrected chi connectivity index (χ2v) is 16.6. The zero-order chi connectivity index (χ0) is 40.1. The van der Waals surface area contributed by atoms with Crippen molar-refractivity contribution >= 4 is 32.3 Å². The molecule has 298 valence electrons. The fourth-order valence-electron chi connectivity index (χ4n) is 8.95. The molecule has 0 N–H and O–H groups in total. The minimum Gasteiger partial charge on any atom is -0.0776 e. The van der Waals surface area contributed by atoms with Crippen molar-refractivity contribution in [2.45, 2.75) is 88.0 Å². The Morgan fingerprint density at radius 2 is 0.780 bits per heavy atom. The van der Waals surface area contributed by atoms with Crippen LogP contribution in [0.2, 0.25) is 0 Å². The van der Waals surface area contributed by atoms with Crippen LogP contribution in [0.4, 0.5) is 0 Å². The van der Waals surface area contributed by atoms with E-state index in [2.05, 4.69) is 198 Å². The standard InChI is InChI=1S/C53H42.2C2H6.2CH4/c1-52(2,3)43-29-41-19-18-36-20-24-44(47-27-23-42(30-43)50(41)51(36)47)40-13-9-12-37(28-40)34-14-16-35(17-15-34)39-22-26-46-45-25-21-38(33-10-7-6-8-11-33)31-48(45)53(4,5)49(46)32-39;2*1-2;;/h6-32H,1-5H3;2*1-2H3;2*1H4. The van der Waals surface area contributed by atoms with E-state index >= 15 is 0 Å². The Morgan fingerprint density at radius 1 is 0.356 bits per heavy atom. The van der Waals surface area contributed by atoms with E-state index in [9.17, 15) is 0 Å². The van der Waals surface area contributed by atoms with Crippen molar-refractivity contribution in [2.24, 2.45) is 0 Å². The highest BCUT2D eigenvalue weighted by Gasteiger charge is 2.36. The van der Waals surface area contributed by atoms with E-state index in [0.29, 0.717) is 0 Å². The maximum atomic E-state index is 2.42. The van der Waals surface area contributed by atoms with Gasteiger partial charge in [-0.25, -0.2) is 0 Å². The van der Waals surface area contributed by atoms with Crippen LogP contribution in [0.3, 0.4) is 0 Å². The molecule has 10 rings (SSSR count). The number of hydrogen-bond acceptors (Lipinski definition) is 0. The highest BCUT2D eigenvalue weighted by atomic mass is 14.4. The molecule has 0 saturated heterocycles. The first-order valence-corrected chi connectivity index (χ1v) is 20.9. The average molecular weight is 771 g/mol. The average Bonchev–Trinajstić information content (AvgIpc) is 3.48. The molecule has 0 fully saturated rings. The van der Waals surface area contributed by atoms with E-state index in [1.165, 1.54) is 105 Å². The van der Waals surface area contributed by atoms with Gasteiger partial charge in [0.05, 0.1) is 0 Å².